The number of hydrogen-bond donors (Lipinski definition) is 2. The Morgan fingerprint density at radius 1 is 1.23 bits per heavy atom. The lowest BCUT2D eigenvalue weighted by atomic mass is 10.2. The van der Waals surface area contributed by atoms with Gasteiger partial charge in [-0.15, -0.1) is 10.2 Å². The van der Waals surface area contributed by atoms with Gasteiger partial charge in [0.05, 0.1) is 12.0 Å². The van der Waals surface area contributed by atoms with Crippen molar-refractivity contribution in [3.8, 4) is 11.6 Å². The zero-order valence-electron chi connectivity index (χ0n) is 14.2. The molecule has 3 aromatic rings. The molecule has 0 radical (unpaired) electrons. The Balaban J connectivity index is 1.61. The van der Waals surface area contributed by atoms with Gasteiger partial charge in [-0.2, -0.15) is 0 Å². The molecule has 0 aliphatic heterocycles. The molecule has 0 unspecified atom stereocenters. The van der Waals surface area contributed by atoms with Crippen LogP contribution in [0.3, 0.4) is 0 Å². The minimum atomic E-state index is -0.208. The van der Waals surface area contributed by atoms with Crippen molar-refractivity contribution >= 4 is 29.3 Å². The average Bonchev–Trinajstić information content (AvgIpc) is 3.29. The van der Waals surface area contributed by atoms with Gasteiger partial charge in [-0.1, -0.05) is 17.8 Å². The number of hydrogen-bond acceptors (Lipinski definition) is 6. The monoisotopic (exact) mass is 371 g/mol. The van der Waals surface area contributed by atoms with E-state index in [2.05, 4.69) is 20.8 Å². The number of benzene rings is 1. The van der Waals surface area contributed by atoms with Crippen LogP contribution in [0.25, 0.3) is 11.6 Å². The number of thioether (sulfide) groups is 1. The summed E-state index contributed by atoms with van der Waals surface area (Å²) in [6.07, 6.45) is 1.57. The van der Waals surface area contributed by atoms with Gasteiger partial charge in [-0.05, 0) is 30.3 Å². The van der Waals surface area contributed by atoms with E-state index in [-0.39, 0.29) is 17.6 Å². The molecule has 0 saturated carbocycles. The van der Waals surface area contributed by atoms with E-state index in [1.807, 2.05) is 7.05 Å². The van der Waals surface area contributed by atoms with Crippen molar-refractivity contribution in [2.45, 2.75) is 5.16 Å². The summed E-state index contributed by atoms with van der Waals surface area (Å²) < 4.78 is 7.08. The smallest absolute Gasteiger partial charge is 0.251 e. The Hall–Kier alpha value is -3.07. The molecule has 2 heterocycles. The summed E-state index contributed by atoms with van der Waals surface area (Å²) in [6, 6.07) is 10.3. The number of nitrogens with one attached hydrogen (secondary N) is 2. The number of nitrogens with zero attached hydrogens (tertiary/aromatic N) is 3. The molecule has 9 heteroatoms. The van der Waals surface area contributed by atoms with Crippen molar-refractivity contribution in [3.63, 3.8) is 0 Å². The number of anilines is 1. The Labute approximate surface area is 154 Å². The second kappa shape index (κ2) is 7.87. The summed E-state index contributed by atoms with van der Waals surface area (Å²) in [5.41, 5.74) is 1.04. The average molecular weight is 371 g/mol. The molecule has 0 spiro atoms. The first kappa shape index (κ1) is 17.7. The number of aromatic nitrogens is 3. The Morgan fingerprint density at radius 2 is 2.08 bits per heavy atom. The molecule has 0 aliphatic rings. The van der Waals surface area contributed by atoms with Crippen molar-refractivity contribution < 1.29 is 14.0 Å². The van der Waals surface area contributed by atoms with Gasteiger partial charge in [0.25, 0.3) is 5.91 Å². The summed E-state index contributed by atoms with van der Waals surface area (Å²) in [5.74, 6) is 0.957. The van der Waals surface area contributed by atoms with Gasteiger partial charge < -0.3 is 19.6 Å². The first-order chi connectivity index (χ1) is 12.6. The highest BCUT2D eigenvalue weighted by Gasteiger charge is 2.14. The van der Waals surface area contributed by atoms with Crippen LogP contribution < -0.4 is 10.6 Å². The minimum absolute atomic E-state index is 0.161. The van der Waals surface area contributed by atoms with Gasteiger partial charge in [0.1, 0.15) is 0 Å². The van der Waals surface area contributed by atoms with E-state index in [9.17, 15) is 9.59 Å². The molecule has 26 heavy (non-hydrogen) atoms. The molecular weight excluding hydrogens is 354 g/mol. The fraction of sp³-hybridized carbons (Fsp3) is 0.176. The molecule has 0 fully saturated rings. The van der Waals surface area contributed by atoms with E-state index in [1.165, 1.54) is 11.8 Å². The maximum Gasteiger partial charge on any atom is 0.251 e. The van der Waals surface area contributed by atoms with Crippen LogP contribution in [-0.4, -0.2) is 39.4 Å². The number of carbonyl (C=O) groups is 2. The van der Waals surface area contributed by atoms with Crippen molar-refractivity contribution in [2.24, 2.45) is 7.05 Å². The topological polar surface area (TPSA) is 102 Å². The fourth-order valence-corrected chi connectivity index (χ4v) is 2.98. The van der Waals surface area contributed by atoms with Gasteiger partial charge in [0, 0.05) is 25.3 Å². The maximum absolute atomic E-state index is 12.2. The lowest BCUT2D eigenvalue weighted by Crippen LogP contribution is -2.19. The van der Waals surface area contributed by atoms with E-state index in [4.69, 9.17) is 4.42 Å². The van der Waals surface area contributed by atoms with E-state index in [1.54, 1.807) is 54.3 Å². The van der Waals surface area contributed by atoms with E-state index in [0.717, 1.165) is 0 Å². The van der Waals surface area contributed by atoms with Crippen LogP contribution in [0.2, 0.25) is 0 Å². The predicted octanol–water partition coefficient (Wildman–Crippen LogP) is 2.17. The third-order valence-electron chi connectivity index (χ3n) is 3.54. The molecule has 2 aromatic heterocycles. The molecule has 134 valence electrons. The molecule has 0 atom stereocenters. The summed E-state index contributed by atoms with van der Waals surface area (Å²) in [6.45, 7) is 0. The van der Waals surface area contributed by atoms with Crippen LogP contribution >= 0.6 is 11.8 Å². The minimum Gasteiger partial charge on any atom is -0.461 e. The van der Waals surface area contributed by atoms with Crippen LogP contribution in [0.1, 0.15) is 10.4 Å². The highest BCUT2D eigenvalue weighted by Crippen LogP contribution is 2.23. The van der Waals surface area contributed by atoms with Crippen LogP contribution in [0.5, 0.6) is 0 Å². The normalized spacial score (nSPS) is 10.5. The number of rotatable bonds is 6. The molecule has 1 aromatic carbocycles. The van der Waals surface area contributed by atoms with Crippen molar-refractivity contribution in [2.75, 3.05) is 18.1 Å². The molecule has 8 nitrogen and oxygen atoms in total. The standard InChI is InChI=1S/C17H17N5O3S/c1-18-16(24)11-5-3-6-12(9-11)19-14(23)10-26-17-21-20-15(22(17)2)13-7-4-8-25-13/h3-9H,10H2,1-2H3,(H,18,24)(H,19,23). The predicted molar refractivity (Wildman–Crippen MR) is 97.9 cm³/mol. The Kier molecular flexibility index (Phi) is 5.37. The lowest BCUT2D eigenvalue weighted by Gasteiger charge is -2.07. The van der Waals surface area contributed by atoms with Crippen molar-refractivity contribution in [3.05, 3.63) is 48.2 Å². The number of amides is 2. The Morgan fingerprint density at radius 3 is 2.81 bits per heavy atom. The third kappa shape index (κ3) is 3.94. The summed E-state index contributed by atoms with van der Waals surface area (Å²) in [7, 11) is 3.37. The first-order valence-corrected chi connectivity index (χ1v) is 8.75. The second-order valence-electron chi connectivity index (χ2n) is 5.34. The van der Waals surface area contributed by atoms with Gasteiger partial charge in [-0.3, -0.25) is 9.59 Å². The summed E-state index contributed by atoms with van der Waals surface area (Å²) in [4.78, 5) is 23.8. The van der Waals surface area contributed by atoms with Crippen LogP contribution in [0.15, 0.2) is 52.2 Å². The maximum atomic E-state index is 12.2. The molecule has 3 rings (SSSR count). The van der Waals surface area contributed by atoms with Gasteiger partial charge in [-0.25, -0.2) is 0 Å². The summed E-state index contributed by atoms with van der Waals surface area (Å²) >= 11 is 1.26. The van der Waals surface area contributed by atoms with Gasteiger partial charge in [0.2, 0.25) is 5.91 Å². The third-order valence-corrected chi connectivity index (χ3v) is 4.56. The van der Waals surface area contributed by atoms with Crippen LogP contribution in [-0.2, 0) is 11.8 Å². The first-order valence-electron chi connectivity index (χ1n) is 7.76. The van der Waals surface area contributed by atoms with E-state index >= 15 is 0 Å². The van der Waals surface area contributed by atoms with Crippen molar-refractivity contribution in [1.82, 2.24) is 20.1 Å². The molecule has 0 saturated heterocycles. The van der Waals surface area contributed by atoms with E-state index < -0.39 is 0 Å². The van der Waals surface area contributed by atoms with Gasteiger partial charge in [0.15, 0.2) is 16.7 Å². The molecule has 2 amide bonds. The van der Waals surface area contributed by atoms with Crippen LogP contribution in [0, 0.1) is 0 Å². The number of carbonyl (C=O) groups excluding carboxylic acids is 2. The Bertz CT molecular complexity index is 920. The molecule has 0 bridgehead atoms. The SMILES string of the molecule is CNC(=O)c1cccc(NC(=O)CSc2nnc(-c3ccco3)n2C)c1. The lowest BCUT2D eigenvalue weighted by molar-refractivity contribution is -0.113. The molecule has 2 N–H and O–H groups in total. The largest absolute Gasteiger partial charge is 0.461 e. The number of furan rings is 1. The van der Waals surface area contributed by atoms with Crippen LogP contribution in [0.4, 0.5) is 5.69 Å². The second-order valence-corrected chi connectivity index (χ2v) is 6.28. The summed E-state index contributed by atoms with van der Waals surface area (Å²) in [5, 5.41) is 14.1. The van der Waals surface area contributed by atoms with Crippen molar-refractivity contribution in [1.29, 1.82) is 0 Å². The zero-order chi connectivity index (χ0) is 18.5. The highest BCUT2D eigenvalue weighted by atomic mass is 32.2. The van der Waals surface area contributed by atoms with Gasteiger partial charge >= 0.3 is 0 Å². The molecular formula is C17H17N5O3S. The fourth-order valence-electron chi connectivity index (χ4n) is 2.27. The van der Waals surface area contributed by atoms with E-state index in [0.29, 0.717) is 28.0 Å². The molecule has 0 aliphatic carbocycles. The zero-order valence-corrected chi connectivity index (χ0v) is 15.0. The highest BCUT2D eigenvalue weighted by molar-refractivity contribution is 7.99. The quantitative estimate of drug-likeness (QED) is 0.644.